The number of thioether (sulfide) groups is 1. The second kappa shape index (κ2) is 44.0. The standard InChI is InChI=1S/C64H86N18O22S2/c1-105-24-22-42(59(96)76-40(13-8-23-71-64(68)69)57(94)78-43(54(67)91)25-34-9-4-2-5-10-34)77-61(98)46(28-37-31-70-33-73-37)74-50(84)32-72-56(93)44(27-36-14-16-38(17-15-36)104-106(101,102)103)79-62(99)47(29-52(87)88)82-63(100)48(30-53(89)90)81-60(97)45(26-35-11-6-3-7-12-35)80-58(95)41(19-20-49(66)83)75-55(92)39(65)18-21-51(85)86/h2-7,9-12,14-17,31,33,39-48H,8,13,18-30,32,65H2,1H3,(H2,66,83)(H2,67,91)(H,70,73)(H,72,93)(H,74,84)(H,75,92)(H,76,96)(H,77,98)(H,78,94)(H,79,99)(H,80,95)(H,81,97)(H,82,100)(H,85,86)(H,87,88)(H,89,90)(H4,68,69,71)(H,101,102,103)/t39-,40-,41-,42-,43-,44-,45-,46-,47-,48-/m0/s1. The van der Waals surface area contributed by atoms with Crippen molar-refractivity contribution in [3.05, 3.63) is 120 Å². The minimum Gasteiger partial charge on any atom is -0.481 e. The molecule has 0 fully saturated rings. The van der Waals surface area contributed by atoms with Crippen LogP contribution in [0.2, 0.25) is 0 Å². The van der Waals surface area contributed by atoms with E-state index in [4.69, 9.17) is 33.5 Å². The lowest BCUT2D eigenvalue weighted by molar-refractivity contribution is -0.143. The Kier molecular flexibility index (Phi) is 36.0. The van der Waals surface area contributed by atoms with Gasteiger partial charge in [0.05, 0.1) is 31.8 Å². The van der Waals surface area contributed by atoms with E-state index in [0.29, 0.717) is 11.1 Å². The molecular weight excluding hydrogens is 1440 g/mol. The molecule has 1 aromatic heterocycles. The molecule has 106 heavy (non-hydrogen) atoms. The van der Waals surface area contributed by atoms with Crippen molar-refractivity contribution >= 4 is 117 Å². The van der Waals surface area contributed by atoms with Gasteiger partial charge in [-0.1, -0.05) is 72.8 Å². The van der Waals surface area contributed by atoms with E-state index in [9.17, 15) is 95.1 Å². The number of imidazole rings is 1. The molecule has 4 rings (SSSR count). The van der Waals surface area contributed by atoms with E-state index >= 15 is 0 Å². The van der Waals surface area contributed by atoms with E-state index in [-0.39, 0.29) is 68.0 Å². The maximum atomic E-state index is 14.4. The van der Waals surface area contributed by atoms with Crippen molar-refractivity contribution in [3.63, 3.8) is 0 Å². The van der Waals surface area contributed by atoms with Crippen LogP contribution < -0.4 is 85.6 Å². The molecule has 0 bridgehead atoms. The van der Waals surface area contributed by atoms with Crippen molar-refractivity contribution in [1.82, 2.24) is 68.5 Å². The Labute approximate surface area is 610 Å². The van der Waals surface area contributed by atoms with Crippen molar-refractivity contribution in [3.8, 4) is 5.75 Å². The Morgan fingerprint density at radius 3 is 1.41 bits per heavy atom. The molecule has 0 saturated heterocycles. The zero-order valence-electron chi connectivity index (χ0n) is 57.0. The van der Waals surface area contributed by atoms with Crippen LogP contribution in [0.15, 0.2) is 97.5 Å². The molecular formula is C64H86N18O22S2. The van der Waals surface area contributed by atoms with Crippen LogP contribution in [0, 0.1) is 5.41 Å². The molecule has 0 spiro atoms. The third-order valence-electron chi connectivity index (χ3n) is 15.3. The molecule has 10 atom stereocenters. The molecule has 3 aromatic carbocycles. The van der Waals surface area contributed by atoms with Gasteiger partial charge in [0.15, 0.2) is 5.96 Å². The number of amides is 12. The van der Waals surface area contributed by atoms with Crippen LogP contribution >= 0.6 is 11.8 Å². The number of hydrogen-bond donors (Lipinski definition) is 21. The van der Waals surface area contributed by atoms with Gasteiger partial charge in [-0.25, -0.2) is 4.98 Å². The van der Waals surface area contributed by atoms with Crippen LogP contribution in [0.25, 0.3) is 0 Å². The monoisotopic (exact) mass is 1520 g/mol. The molecule has 42 heteroatoms. The minimum absolute atomic E-state index is 0.00851. The summed E-state index contributed by atoms with van der Waals surface area (Å²) in [5, 5.41) is 62.9. The quantitative estimate of drug-likeness (QED) is 0.00848. The highest BCUT2D eigenvalue weighted by Crippen LogP contribution is 2.17. The van der Waals surface area contributed by atoms with Crippen LogP contribution in [0.1, 0.15) is 80.2 Å². The topological polar surface area (TPSA) is 669 Å². The first-order chi connectivity index (χ1) is 50.1. The van der Waals surface area contributed by atoms with Crippen LogP contribution in [0.5, 0.6) is 5.75 Å². The summed E-state index contributed by atoms with van der Waals surface area (Å²) in [6, 6.07) is 3.75. The average Bonchev–Trinajstić information content (AvgIpc) is 1.00. The van der Waals surface area contributed by atoms with E-state index in [0.717, 1.165) is 24.3 Å². The molecule has 12 amide bonds. The third kappa shape index (κ3) is 33.1. The highest BCUT2D eigenvalue weighted by Gasteiger charge is 2.37. The minimum atomic E-state index is -5.06. The van der Waals surface area contributed by atoms with Crippen molar-refractivity contribution < 1.29 is 104 Å². The Hall–Kier alpha value is -11.8. The number of benzene rings is 3. The Morgan fingerprint density at radius 2 is 0.943 bits per heavy atom. The van der Waals surface area contributed by atoms with Gasteiger partial charge in [-0.2, -0.15) is 20.2 Å². The number of nitrogens with zero attached hydrogens (tertiary/aromatic N) is 1. The number of carboxylic acids is 3. The maximum Gasteiger partial charge on any atom is 0.446 e. The van der Waals surface area contributed by atoms with Gasteiger partial charge in [0.25, 0.3) is 0 Å². The lowest BCUT2D eigenvalue weighted by atomic mass is 10.0. The van der Waals surface area contributed by atoms with Gasteiger partial charge in [0.1, 0.15) is 60.1 Å². The second-order valence-electron chi connectivity index (χ2n) is 23.8. The number of hydrogen-bond acceptors (Lipinski definition) is 22. The highest BCUT2D eigenvalue weighted by atomic mass is 32.3. The van der Waals surface area contributed by atoms with Crippen LogP contribution in [0.3, 0.4) is 0 Å². The normalized spacial score (nSPS) is 13.8. The van der Waals surface area contributed by atoms with Gasteiger partial charge in [-0.05, 0) is 72.9 Å². The van der Waals surface area contributed by atoms with Crippen LogP contribution in [0.4, 0.5) is 0 Å². The number of aliphatic carboxylic acids is 3. The van der Waals surface area contributed by atoms with Crippen molar-refractivity contribution in [2.45, 2.75) is 144 Å². The fourth-order valence-corrected chi connectivity index (χ4v) is 10.8. The van der Waals surface area contributed by atoms with E-state index in [1.165, 1.54) is 36.4 Å². The number of carboxylic acid groups (broad SMARTS) is 3. The van der Waals surface area contributed by atoms with E-state index in [2.05, 4.69) is 72.6 Å². The number of aromatic amines is 1. The summed E-state index contributed by atoms with van der Waals surface area (Å²) in [7, 11) is -5.06. The average molecular weight is 1520 g/mol. The van der Waals surface area contributed by atoms with Gasteiger partial charge in [0.2, 0.25) is 70.9 Å². The number of carbonyl (C=O) groups excluding carboxylic acids is 12. The Morgan fingerprint density at radius 1 is 0.509 bits per heavy atom. The van der Waals surface area contributed by atoms with Gasteiger partial charge >= 0.3 is 28.3 Å². The van der Waals surface area contributed by atoms with E-state index in [1.807, 2.05) is 0 Å². The Bertz CT molecular complexity index is 3840. The molecule has 0 radical (unpaired) electrons. The predicted octanol–water partition coefficient (Wildman–Crippen LogP) is -5.75. The van der Waals surface area contributed by atoms with Crippen molar-refractivity contribution in [2.75, 3.05) is 25.1 Å². The number of H-pyrrole nitrogens is 1. The number of aromatic nitrogens is 2. The smallest absolute Gasteiger partial charge is 0.446 e. The Balaban J connectivity index is 1.63. The first-order valence-corrected chi connectivity index (χ1v) is 35.2. The zero-order chi connectivity index (χ0) is 78.6. The summed E-state index contributed by atoms with van der Waals surface area (Å²) in [6.45, 7) is -0.927. The molecule has 4 aromatic rings. The number of carbonyl (C=O) groups is 15. The first kappa shape index (κ1) is 86.6. The maximum absolute atomic E-state index is 14.4. The molecule has 0 aliphatic heterocycles. The molecule has 0 unspecified atom stereocenters. The lowest BCUT2D eigenvalue weighted by Crippen LogP contribution is -2.60. The molecule has 25 N–H and O–H groups in total. The van der Waals surface area contributed by atoms with Gasteiger partial charge in [-0.3, -0.25) is 81.9 Å². The van der Waals surface area contributed by atoms with Gasteiger partial charge in [-0.15, -0.1) is 0 Å². The van der Waals surface area contributed by atoms with Crippen molar-refractivity contribution in [2.24, 2.45) is 22.9 Å². The predicted molar refractivity (Wildman–Crippen MR) is 374 cm³/mol. The summed E-state index contributed by atoms with van der Waals surface area (Å²) < 4.78 is 36.6. The van der Waals surface area contributed by atoms with Crippen molar-refractivity contribution in [1.29, 1.82) is 5.41 Å². The highest BCUT2D eigenvalue weighted by molar-refractivity contribution is 7.98. The summed E-state index contributed by atoms with van der Waals surface area (Å²) in [6.07, 6.45) is -1.60. The first-order valence-electron chi connectivity index (χ1n) is 32.5. The molecule has 0 aliphatic carbocycles. The number of nitrogens with one attached hydrogen (secondary N) is 13. The number of rotatable bonds is 48. The second-order valence-corrected chi connectivity index (χ2v) is 25.8. The molecule has 40 nitrogen and oxygen atoms in total. The SMILES string of the molecule is CSCC[C@H](NC(=O)[C@H](Cc1cnc[nH]1)NC(=O)CNC(=O)[C@H](Cc1ccc(OS(=O)(=O)O)cc1)NC(=O)[C@H](CC(=O)O)NC(=O)[C@H](CC(=O)O)NC(=O)[C@H](Cc1ccccc1)NC(=O)[C@H](CCC(N)=O)NC(=O)[C@@H](N)CCC(=O)O)C(=O)N[C@@H](CCCNC(=N)N)C(=O)N[C@@H](Cc1ccccc1)C(N)=O. The summed E-state index contributed by atoms with van der Waals surface area (Å²) >= 11 is 1.29. The summed E-state index contributed by atoms with van der Waals surface area (Å²) in [5.74, 6) is -18.7. The lowest BCUT2D eigenvalue weighted by Gasteiger charge is -2.27. The van der Waals surface area contributed by atoms with Gasteiger partial charge in [0, 0.05) is 57.0 Å². The molecule has 576 valence electrons. The largest absolute Gasteiger partial charge is 0.481 e. The number of guanidine groups is 1. The zero-order valence-corrected chi connectivity index (χ0v) is 58.7. The van der Waals surface area contributed by atoms with E-state index < -0.39 is 217 Å². The van der Waals surface area contributed by atoms with Crippen LogP contribution in [-0.2, 0) is 108 Å². The fourth-order valence-electron chi connectivity index (χ4n) is 9.96. The fraction of sp³-hybridized carbons (Fsp3) is 0.422. The number of nitrogens with two attached hydrogens (primary N) is 4. The van der Waals surface area contributed by atoms with E-state index in [1.54, 1.807) is 54.8 Å². The molecule has 0 saturated carbocycles. The van der Waals surface area contributed by atoms with Gasteiger partial charge < -0.3 is 106 Å². The molecule has 0 aliphatic rings. The molecule has 1 heterocycles. The number of primary amides is 2. The third-order valence-corrected chi connectivity index (χ3v) is 16.4. The summed E-state index contributed by atoms with van der Waals surface area (Å²) in [4.78, 5) is 208. The summed E-state index contributed by atoms with van der Waals surface area (Å²) in [5.41, 5.74) is 23.6. The van der Waals surface area contributed by atoms with Crippen LogP contribution in [-0.4, -0.2) is 219 Å².